The Kier molecular flexibility index (Phi) is 3.30. The molecule has 0 aromatic rings. The first-order valence-corrected chi connectivity index (χ1v) is 3.38. The fraction of sp³-hybridized carbons (Fsp3) is 0.571. The van der Waals surface area contributed by atoms with Crippen LogP contribution in [0.1, 0.15) is 13.8 Å². The number of alkyl halides is 3. The van der Waals surface area contributed by atoms with Gasteiger partial charge in [0.15, 0.2) is 0 Å². The zero-order valence-electron chi connectivity index (χ0n) is 6.87. The third kappa shape index (κ3) is 3.41. The highest BCUT2D eigenvalue weighted by Gasteiger charge is 2.32. The summed E-state index contributed by atoms with van der Waals surface area (Å²) >= 11 is 0. The lowest BCUT2D eigenvalue weighted by molar-refractivity contribution is -0.0584. The number of hydrogen-bond acceptors (Lipinski definition) is 2. The van der Waals surface area contributed by atoms with Gasteiger partial charge in [0.05, 0.1) is 0 Å². The van der Waals surface area contributed by atoms with Crippen molar-refractivity contribution >= 4 is 5.71 Å². The molecule has 0 fully saturated rings. The monoisotopic (exact) mass is 180 g/mol. The molecule has 0 saturated heterocycles. The molecule has 70 valence electrons. The Morgan fingerprint density at radius 1 is 1.42 bits per heavy atom. The second-order valence-corrected chi connectivity index (χ2v) is 2.71. The van der Waals surface area contributed by atoms with Crippen molar-refractivity contribution in [3.63, 3.8) is 0 Å². The fourth-order valence-electron chi connectivity index (χ4n) is 0.415. The van der Waals surface area contributed by atoms with E-state index in [-0.39, 0.29) is 11.6 Å². The highest BCUT2D eigenvalue weighted by Crippen LogP contribution is 2.18. The highest BCUT2D eigenvalue weighted by atomic mass is 19.4. The molecule has 2 nitrogen and oxygen atoms in total. The summed E-state index contributed by atoms with van der Waals surface area (Å²) in [5, 5.41) is 6.58. The molecule has 0 aromatic heterocycles. The lowest BCUT2D eigenvalue weighted by atomic mass is 10.1. The van der Waals surface area contributed by atoms with E-state index in [1.807, 2.05) is 0 Å². The quantitative estimate of drug-likeness (QED) is 0.628. The van der Waals surface area contributed by atoms with Crippen LogP contribution >= 0.6 is 0 Å². The van der Waals surface area contributed by atoms with Crippen molar-refractivity contribution in [2.45, 2.75) is 20.0 Å². The average Bonchev–Trinajstić information content (AvgIpc) is 1.85. The Morgan fingerprint density at radius 3 is 2.08 bits per heavy atom. The van der Waals surface area contributed by atoms with E-state index in [0.717, 1.165) is 0 Å². The number of nitrogens with two attached hydrogens (primary N) is 1. The molecule has 0 bridgehead atoms. The molecule has 0 heterocycles. The summed E-state index contributed by atoms with van der Waals surface area (Å²) in [7, 11) is 0. The summed E-state index contributed by atoms with van der Waals surface area (Å²) in [5.41, 5.74) is 3.89. The first-order valence-electron chi connectivity index (χ1n) is 3.38. The molecule has 5 heteroatoms. The van der Waals surface area contributed by atoms with E-state index in [4.69, 9.17) is 11.1 Å². The van der Waals surface area contributed by atoms with Crippen LogP contribution in [-0.4, -0.2) is 11.9 Å². The smallest absolute Gasteiger partial charge is 0.402 e. The van der Waals surface area contributed by atoms with Gasteiger partial charge in [0.1, 0.15) is 5.71 Å². The third-order valence-electron chi connectivity index (χ3n) is 1.28. The van der Waals surface area contributed by atoms with Crippen LogP contribution in [0.15, 0.2) is 11.8 Å². The summed E-state index contributed by atoms with van der Waals surface area (Å²) in [6.45, 7) is 3.32. The lowest BCUT2D eigenvalue weighted by Gasteiger charge is -2.07. The predicted molar refractivity (Wildman–Crippen MR) is 40.9 cm³/mol. The zero-order valence-corrected chi connectivity index (χ0v) is 6.87. The minimum Gasteiger partial charge on any atom is -0.402 e. The first-order chi connectivity index (χ1) is 5.25. The van der Waals surface area contributed by atoms with Crippen LogP contribution in [0.4, 0.5) is 13.2 Å². The normalized spacial score (nSPS) is 13.7. The zero-order chi connectivity index (χ0) is 9.94. The molecule has 0 radical (unpaired) electrons. The van der Waals surface area contributed by atoms with Crippen molar-refractivity contribution < 1.29 is 13.2 Å². The van der Waals surface area contributed by atoms with Crippen LogP contribution in [0.3, 0.4) is 0 Å². The predicted octanol–water partition coefficient (Wildman–Crippen LogP) is 2.07. The van der Waals surface area contributed by atoms with Crippen LogP contribution in [0, 0.1) is 11.3 Å². The molecule has 0 rings (SSSR count). The Labute approximate surface area is 68.8 Å². The van der Waals surface area contributed by atoms with E-state index in [2.05, 4.69) is 0 Å². The van der Waals surface area contributed by atoms with Crippen LogP contribution in [0.5, 0.6) is 0 Å². The van der Waals surface area contributed by atoms with Crippen molar-refractivity contribution in [3.05, 3.63) is 11.8 Å². The minimum absolute atomic E-state index is 0.0670. The van der Waals surface area contributed by atoms with Gasteiger partial charge in [-0.25, -0.2) is 0 Å². The largest absolute Gasteiger partial charge is 0.432 e. The van der Waals surface area contributed by atoms with E-state index in [0.29, 0.717) is 6.08 Å². The Balaban J connectivity index is 4.46. The van der Waals surface area contributed by atoms with Crippen LogP contribution < -0.4 is 5.73 Å². The van der Waals surface area contributed by atoms with Gasteiger partial charge in [-0.05, 0) is 12.0 Å². The molecule has 0 aliphatic carbocycles. The molecule has 0 spiro atoms. The van der Waals surface area contributed by atoms with E-state index in [9.17, 15) is 13.2 Å². The fourth-order valence-corrected chi connectivity index (χ4v) is 0.415. The third-order valence-corrected chi connectivity index (χ3v) is 1.28. The van der Waals surface area contributed by atoms with Crippen LogP contribution in [0.2, 0.25) is 0 Å². The van der Waals surface area contributed by atoms with E-state index < -0.39 is 11.9 Å². The summed E-state index contributed by atoms with van der Waals surface area (Å²) in [6.07, 6.45) is -3.95. The second kappa shape index (κ2) is 3.60. The maximum absolute atomic E-state index is 11.7. The molecular formula is C7H11F3N2. The lowest BCUT2D eigenvalue weighted by Crippen LogP contribution is -2.21. The summed E-state index contributed by atoms with van der Waals surface area (Å²) in [5.74, 6) is -0.173. The van der Waals surface area contributed by atoms with Gasteiger partial charge in [0, 0.05) is 5.70 Å². The molecule has 0 aromatic carbocycles. The average molecular weight is 180 g/mol. The summed E-state index contributed by atoms with van der Waals surface area (Å²) in [6, 6.07) is 0. The molecule has 12 heavy (non-hydrogen) atoms. The molecule has 0 aliphatic rings. The number of nitrogens with one attached hydrogen (secondary N) is 1. The van der Waals surface area contributed by atoms with Crippen molar-refractivity contribution in [2.24, 2.45) is 11.7 Å². The van der Waals surface area contributed by atoms with Gasteiger partial charge in [0.2, 0.25) is 0 Å². The first kappa shape index (κ1) is 11.0. The van der Waals surface area contributed by atoms with E-state index in [1.54, 1.807) is 13.8 Å². The Hall–Kier alpha value is -1.00. The molecular weight excluding hydrogens is 169 g/mol. The molecule has 0 amide bonds. The van der Waals surface area contributed by atoms with Gasteiger partial charge in [0.25, 0.3) is 0 Å². The van der Waals surface area contributed by atoms with Crippen molar-refractivity contribution in [1.29, 1.82) is 5.41 Å². The van der Waals surface area contributed by atoms with Crippen molar-refractivity contribution in [2.75, 3.05) is 0 Å². The standard InChI is InChI=1S/C7H11F3N2/c1-4(2)5(11)3-6(12)7(8,9)10/h3-4,12H,11H2,1-2H3/b5-3-,12-6?. The molecule has 3 N–H and O–H groups in total. The topological polar surface area (TPSA) is 49.9 Å². The van der Waals surface area contributed by atoms with Gasteiger partial charge in [-0.15, -0.1) is 0 Å². The number of halogens is 3. The van der Waals surface area contributed by atoms with Gasteiger partial charge in [-0.1, -0.05) is 13.8 Å². The van der Waals surface area contributed by atoms with E-state index in [1.165, 1.54) is 0 Å². The minimum atomic E-state index is -4.60. The second-order valence-electron chi connectivity index (χ2n) is 2.71. The number of rotatable bonds is 2. The highest BCUT2D eigenvalue weighted by molar-refractivity contribution is 5.97. The molecule has 0 aliphatic heterocycles. The number of hydrogen-bond donors (Lipinski definition) is 2. The molecule has 0 saturated carbocycles. The van der Waals surface area contributed by atoms with Crippen molar-refractivity contribution in [1.82, 2.24) is 0 Å². The van der Waals surface area contributed by atoms with Gasteiger partial charge >= 0.3 is 6.18 Å². The van der Waals surface area contributed by atoms with Crippen molar-refractivity contribution in [3.8, 4) is 0 Å². The molecule has 0 unspecified atom stereocenters. The van der Waals surface area contributed by atoms with Gasteiger partial charge < -0.3 is 5.73 Å². The van der Waals surface area contributed by atoms with Gasteiger partial charge in [-0.2, -0.15) is 13.2 Å². The van der Waals surface area contributed by atoms with Gasteiger partial charge in [-0.3, -0.25) is 5.41 Å². The summed E-state index contributed by atoms with van der Waals surface area (Å²) in [4.78, 5) is 0. The summed E-state index contributed by atoms with van der Waals surface area (Å²) < 4.78 is 35.2. The number of allylic oxidation sites excluding steroid dienone is 2. The molecule has 0 atom stereocenters. The van der Waals surface area contributed by atoms with Crippen LogP contribution in [-0.2, 0) is 0 Å². The van der Waals surface area contributed by atoms with Crippen LogP contribution in [0.25, 0.3) is 0 Å². The SMILES string of the molecule is CC(C)/C(N)=C/C(=N)C(F)(F)F. The Bertz CT molecular complexity index is 203. The maximum Gasteiger partial charge on any atom is 0.432 e. The maximum atomic E-state index is 11.7. The van der Waals surface area contributed by atoms with E-state index >= 15 is 0 Å². The Morgan fingerprint density at radius 2 is 1.83 bits per heavy atom.